The number of nitrogens with two attached hydrogens (primary N) is 1. The summed E-state index contributed by atoms with van der Waals surface area (Å²) in [5.41, 5.74) is 9.76. The lowest BCUT2D eigenvalue weighted by Gasteiger charge is -2.36. The van der Waals surface area contributed by atoms with Gasteiger partial charge in [0, 0.05) is 17.7 Å². The molecule has 2 N–H and O–H groups in total. The molecule has 0 saturated heterocycles. The number of fused-ring (bicyclic) bond motifs is 1. The predicted octanol–water partition coefficient (Wildman–Crippen LogP) is 3.33. The predicted molar refractivity (Wildman–Crippen MR) is 82.0 cm³/mol. The highest BCUT2D eigenvalue weighted by Crippen LogP contribution is 2.36. The summed E-state index contributed by atoms with van der Waals surface area (Å²) < 4.78 is 0. The lowest BCUT2D eigenvalue weighted by Crippen LogP contribution is -2.42. The molecule has 0 aliphatic heterocycles. The lowest BCUT2D eigenvalue weighted by molar-refractivity contribution is -0.384. The monoisotopic (exact) mass is 282 g/mol. The molecule has 0 fully saturated rings. The Balaban J connectivity index is 1.94. The van der Waals surface area contributed by atoms with Crippen molar-refractivity contribution in [3.05, 3.63) is 75.3 Å². The number of nitro groups is 1. The largest absolute Gasteiger partial charge is 0.321 e. The van der Waals surface area contributed by atoms with E-state index in [0.717, 1.165) is 24.8 Å². The molecule has 0 amide bonds. The summed E-state index contributed by atoms with van der Waals surface area (Å²) in [5, 5.41) is 10.9. The van der Waals surface area contributed by atoms with Gasteiger partial charge in [-0.15, -0.1) is 0 Å². The average Bonchev–Trinajstić information content (AvgIpc) is 2.48. The van der Waals surface area contributed by atoms with Gasteiger partial charge in [0.1, 0.15) is 0 Å². The Morgan fingerprint density at radius 2 is 2.00 bits per heavy atom. The van der Waals surface area contributed by atoms with E-state index in [9.17, 15) is 10.1 Å². The molecule has 0 radical (unpaired) electrons. The molecule has 108 valence electrons. The molecule has 0 aromatic heterocycles. The minimum absolute atomic E-state index is 0.125. The van der Waals surface area contributed by atoms with Crippen molar-refractivity contribution in [1.82, 2.24) is 0 Å². The van der Waals surface area contributed by atoms with Gasteiger partial charge in [-0.05, 0) is 42.4 Å². The van der Waals surface area contributed by atoms with Crippen LogP contribution < -0.4 is 5.73 Å². The van der Waals surface area contributed by atoms with Gasteiger partial charge < -0.3 is 5.73 Å². The fraction of sp³-hybridized carbons (Fsp3) is 0.294. The van der Waals surface area contributed by atoms with E-state index in [1.165, 1.54) is 17.2 Å². The summed E-state index contributed by atoms with van der Waals surface area (Å²) in [6.45, 7) is 0. The Morgan fingerprint density at radius 3 is 2.81 bits per heavy atom. The molecule has 1 atom stereocenters. The molecule has 1 unspecified atom stereocenters. The second kappa shape index (κ2) is 5.30. The number of hydrogen-bond donors (Lipinski definition) is 1. The standard InChI is InChI=1S/C17H18N2O2/c18-17(10-4-7-14-6-1-2-9-16(14)17)12-13-5-3-8-15(11-13)19(20)21/h1-3,5-6,8-9,11H,4,7,10,12,18H2. The summed E-state index contributed by atoms with van der Waals surface area (Å²) in [5.74, 6) is 0. The Bertz CT molecular complexity index is 684. The van der Waals surface area contributed by atoms with Crippen LogP contribution in [0, 0.1) is 10.1 Å². The fourth-order valence-corrected chi connectivity index (χ4v) is 3.28. The number of non-ortho nitro benzene ring substituents is 1. The Kier molecular flexibility index (Phi) is 3.47. The molecule has 2 aromatic rings. The second-order valence-electron chi connectivity index (χ2n) is 5.77. The van der Waals surface area contributed by atoms with Crippen LogP contribution in [0.5, 0.6) is 0 Å². The van der Waals surface area contributed by atoms with Gasteiger partial charge in [-0.2, -0.15) is 0 Å². The van der Waals surface area contributed by atoms with Gasteiger partial charge in [0.2, 0.25) is 0 Å². The van der Waals surface area contributed by atoms with Crippen LogP contribution in [-0.4, -0.2) is 4.92 Å². The first-order valence-electron chi connectivity index (χ1n) is 7.19. The van der Waals surface area contributed by atoms with Crippen LogP contribution in [0.4, 0.5) is 5.69 Å². The van der Waals surface area contributed by atoms with E-state index in [0.29, 0.717) is 6.42 Å². The third-order valence-electron chi connectivity index (χ3n) is 4.26. The number of rotatable bonds is 3. The Morgan fingerprint density at radius 1 is 1.19 bits per heavy atom. The number of aryl methyl sites for hydroxylation is 1. The first-order chi connectivity index (χ1) is 10.1. The molecule has 4 heteroatoms. The summed E-state index contributed by atoms with van der Waals surface area (Å²) in [6, 6.07) is 15.1. The summed E-state index contributed by atoms with van der Waals surface area (Å²) in [6.07, 6.45) is 3.66. The zero-order valence-corrected chi connectivity index (χ0v) is 11.8. The van der Waals surface area contributed by atoms with Crippen molar-refractivity contribution in [2.75, 3.05) is 0 Å². The van der Waals surface area contributed by atoms with Crippen LogP contribution in [0.3, 0.4) is 0 Å². The van der Waals surface area contributed by atoms with Crippen molar-refractivity contribution in [1.29, 1.82) is 0 Å². The van der Waals surface area contributed by atoms with E-state index in [4.69, 9.17) is 5.73 Å². The number of hydrogen-bond acceptors (Lipinski definition) is 3. The van der Waals surface area contributed by atoms with Crippen LogP contribution in [0.1, 0.15) is 29.5 Å². The Labute approximate surface area is 123 Å². The fourth-order valence-electron chi connectivity index (χ4n) is 3.28. The molecular formula is C17H18N2O2. The van der Waals surface area contributed by atoms with E-state index in [-0.39, 0.29) is 10.6 Å². The summed E-state index contributed by atoms with van der Waals surface area (Å²) in [4.78, 5) is 10.5. The molecule has 0 spiro atoms. The molecule has 1 aliphatic carbocycles. The quantitative estimate of drug-likeness (QED) is 0.693. The van der Waals surface area contributed by atoms with Crippen molar-refractivity contribution in [3.63, 3.8) is 0 Å². The smallest absolute Gasteiger partial charge is 0.269 e. The van der Waals surface area contributed by atoms with Crippen molar-refractivity contribution in [2.24, 2.45) is 5.73 Å². The van der Waals surface area contributed by atoms with Crippen LogP contribution in [0.15, 0.2) is 48.5 Å². The van der Waals surface area contributed by atoms with Crippen LogP contribution >= 0.6 is 0 Å². The minimum atomic E-state index is -0.427. The molecule has 4 nitrogen and oxygen atoms in total. The maximum atomic E-state index is 10.9. The Hall–Kier alpha value is -2.20. The normalized spacial score (nSPS) is 20.8. The van der Waals surface area contributed by atoms with Gasteiger partial charge in [-0.25, -0.2) is 0 Å². The number of nitro benzene ring substituents is 1. The third kappa shape index (κ3) is 2.67. The zero-order valence-electron chi connectivity index (χ0n) is 11.8. The van der Waals surface area contributed by atoms with Crippen molar-refractivity contribution in [2.45, 2.75) is 31.2 Å². The number of benzene rings is 2. The average molecular weight is 282 g/mol. The molecule has 2 aromatic carbocycles. The molecule has 0 saturated carbocycles. The van der Waals surface area contributed by atoms with Crippen LogP contribution in [0.2, 0.25) is 0 Å². The first kappa shape index (κ1) is 13.8. The second-order valence-corrected chi connectivity index (χ2v) is 5.77. The van der Waals surface area contributed by atoms with Crippen molar-refractivity contribution in [3.8, 4) is 0 Å². The highest BCUT2D eigenvalue weighted by atomic mass is 16.6. The zero-order chi connectivity index (χ0) is 14.9. The van der Waals surface area contributed by atoms with Gasteiger partial charge in [0.15, 0.2) is 0 Å². The number of nitrogens with zero attached hydrogens (tertiary/aromatic N) is 1. The molecule has 0 heterocycles. The van der Waals surface area contributed by atoms with Gasteiger partial charge in [0.25, 0.3) is 5.69 Å². The molecule has 21 heavy (non-hydrogen) atoms. The summed E-state index contributed by atoms with van der Waals surface area (Å²) >= 11 is 0. The first-order valence-corrected chi connectivity index (χ1v) is 7.19. The molecule has 3 rings (SSSR count). The maximum absolute atomic E-state index is 10.9. The van der Waals surface area contributed by atoms with E-state index in [2.05, 4.69) is 12.1 Å². The van der Waals surface area contributed by atoms with Crippen molar-refractivity contribution < 1.29 is 4.92 Å². The highest BCUT2D eigenvalue weighted by Gasteiger charge is 2.32. The highest BCUT2D eigenvalue weighted by molar-refractivity contribution is 5.40. The van der Waals surface area contributed by atoms with Gasteiger partial charge in [-0.1, -0.05) is 36.4 Å². The summed E-state index contributed by atoms with van der Waals surface area (Å²) in [7, 11) is 0. The third-order valence-corrected chi connectivity index (χ3v) is 4.26. The molecule has 1 aliphatic rings. The SMILES string of the molecule is NC1(Cc2cccc([N+](=O)[O-])c2)CCCc2ccccc21. The van der Waals surface area contributed by atoms with E-state index in [1.54, 1.807) is 12.1 Å². The maximum Gasteiger partial charge on any atom is 0.269 e. The van der Waals surface area contributed by atoms with Crippen LogP contribution in [0.25, 0.3) is 0 Å². The molecular weight excluding hydrogens is 264 g/mol. The molecule has 0 bridgehead atoms. The minimum Gasteiger partial charge on any atom is -0.321 e. The topological polar surface area (TPSA) is 69.2 Å². The van der Waals surface area contributed by atoms with Gasteiger partial charge >= 0.3 is 0 Å². The van der Waals surface area contributed by atoms with E-state index >= 15 is 0 Å². The lowest BCUT2D eigenvalue weighted by atomic mass is 9.74. The van der Waals surface area contributed by atoms with Crippen LogP contribution in [-0.2, 0) is 18.4 Å². The van der Waals surface area contributed by atoms with Crippen molar-refractivity contribution >= 4 is 5.69 Å². The van der Waals surface area contributed by atoms with Gasteiger partial charge in [0.05, 0.1) is 4.92 Å². The van der Waals surface area contributed by atoms with Gasteiger partial charge in [-0.3, -0.25) is 10.1 Å². The van der Waals surface area contributed by atoms with E-state index < -0.39 is 5.54 Å². The van der Waals surface area contributed by atoms with E-state index in [1.807, 2.05) is 18.2 Å².